The van der Waals surface area contributed by atoms with Crippen molar-refractivity contribution in [1.29, 1.82) is 0 Å². The second-order valence-corrected chi connectivity index (χ2v) is 5.16. The molecular formula is C17H16FNO. The molecule has 1 heterocycles. The highest BCUT2D eigenvalue weighted by molar-refractivity contribution is 6.11. The van der Waals surface area contributed by atoms with Crippen molar-refractivity contribution in [2.24, 2.45) is 0 Å². The number of benzene rings is 2. The SMILES string of the molecule is Cc1cc(F)ccc1C(=O)c1cccc2c1CCNC2. The minimum absolute atomic E-state index is 0.0127. The Morgan fingerprint density at radius 2 is 2.05 bits per heavy atom. The van der Waals surface area contributed by atoms with Crippen LogP contribution in [-0.4, -0.2) is 12.3 Å². The zero-order chi connectivity index (χ0) is 14.1. The van der Waals surface area contributed by atoms with Gasteiger partial charge in [0.1, 0.15) is 5.82 Å². The number of fused-ring (bicyclic) bond motifs is 1. The van der Waals surface area contributed by atoms with E-state index in [1.54, 1.807) is 13.0 Å². The predicted octanol–water partition coefficient (Wildman–Crippen LogP) is 3.01. The first-order chi connectivity index (χ1) is 9.66. The number of halogens is 1. The number of hydrogen-bond acceptors (Lipinski definition) is 2. The van der Waals surface area contributed by atoms with Crippen LogP contribution < -0.4 is 5.32 Å². The van der Waals surface area contributed by atoms with Crippen LogP contribution in [0.15, 0.2) is 36.4 Å². The molecule has 0 spiro atoms. The second kappa shape index (κ2) is 5.17. The first kappa shape index (κ1) is 13.0. The van der Waals surface area contributed by atoms with Crippen molar-refractivity contribution < 1.29 is 9.18 Å². The number of carbonyl (C=O) groups excluding carboxylic acids is 1. The Kier molecular flexibility index (Phi) is 3.36. The first-order valence-electron chi connectivity index (χ1n) is 6.79. The summed E-state index contributed by atoms with van der Waals surface area (Å²) in [5.74, 6) is -0.320. The second-order valence-electron chi connectivity index (χ2n) is 5.16. The molecule has 1 aliphatic rings. The molecule has 1 N–H and O–H groups in total. The first-order valence-corrected chi connectivity index (χ1v) is 6.79. The van der Waals surface area contributed by atoms with E-state index in [1.165, 1.54) is 17.7 Å². The van der Waals surface area contributed by atoms with Gasteiger partial charge in [0.15, 0.2) is 5.78 Å². The Balaban J connectivity index is 2.07. The summed E-state index contributed by atoms with van der Waals surface area (Å²) >= 11 is 0. The number of aryl methyl sites for hydroxylation is 1. The molecule has 0 amide bonds. The summed E-state index contributed by atoms with van der Waals surface area (Å²) in [6, 6.07) is 10.2. The normalized spacial score (nSPS) is 13.9. The van der Waals surface area contributed by atoms with Gasteiger partial charge in [0.25, 0.3) is 0 Å². The molecule has 3 heteroatoms. The van der Waals surface area contributed by atoms with Crippen LogP contribution in [0.25, 0.3) is 0 Å². The van der Waals surface area contributed by atoms with E-state index in [-0.39, 0.29) is 11.6 Å². The maximum atomic E-state index is 13.2. The van der Waals surface area contributed by atoms with E-state index in [4.69, 9.17) is 0 Å². The quantitative estimate of drug-likeness (QED) is 0.849. The van der Waals surface area contributed by atoms with Crippen LogP contribution >= 0.6 is 0 Å². The highest BCUT2D eigenvalue weighted by Crippen LogP contribution is 2.23. The summed E-state index contributed by atoms with van der Waals surface area (Å²) in [7, 11) is 0. The number of ketones is 1. The smallest absolute Gasteiger partial charge is 0.193 e. The van der Waals surface area contributed by atoms with E-state index >= 15 is 0 Å². The highest BCUT2D eigenvalue weighted by Gasteiger charge is 2.19. The average Bonchev–Trinajstić information content (AvgIpc) is 2.46. The summed E-state index contributed by atoms with van der Waals surface area (Å²) in [4.78, 5) is 12.7. The summed E-state index contributed by atoms with van der Waals surface area (Å²) in [5.41, 5.74) is 4.32. The molecule has 1 aliphatic heterocycles. The average molecular weight is 269 g/mol. The van der Waals surface area contributed by atoms with E-state index in [1.807, 2.05) is 12.1 Å². The molecule has 0 unspecified atom stereocenters. The lowest BCUT2D eigenvalue weighted by Gasteiger charge is -2.20. The molecule has 0 radical (unpaired) electrons. The van der Waals surface area contributed by atoms with Gasteiger partial charge in [0.2, 0.25) is 0 Å². The molecule has 3 rings (SSSR count). The van der Waals surface area contributed by atoms with Gasteiger partial charge < -0.3 is 5.32 Å². The van der Waals surface area contributed by atoms with Crippen molar-refractivity contribution in [3.8, 4) is 0 Å². The number of carbonyl (C=O) groups is 1. The van der Waals surface area contributed by atoms with Crippen molar-refractivity contribution in [1.82, 2.24) is 5.32 Å². The van der Waals surface area contributed by atoms with E-state index in [0.717, 1.165) is 30.6 Å². The van der Waals surface area contributed by atoms with Crippen LogP contribution in [0, 0.1) is 12.7 Å². The van der Waals surface area contributed by atoms with Gasteiger partial charge in [-0.25, -0.2) is 4.39 Å². The Morgan fingerprint density at radius 1 is 1.20 bits per heavy atom. The fourth-order valence-electron chi connectivity index (χ4n) is 2.77. The summed E-state index contributed by atoms with van der Waals surface area (Å²) in [5, 5.41) is 3.30. The predicted molar refractivity (Wildman–Crippen MR) is 76.4 cm³/mol. The molecule has 0 fully saturated rings. The van der Waals surface area contributed by atoms with Crippen LogP contribution in [0.5, 0.6) is 0 Å². The molecule has 0 atom stereocenters. The van der Waals surface area contributed by atoms with Crippen LogP contribution in [0.4, 0.5) is 4.39 Å². The Labute approximate surface area is 117 Å². The van der Waals surface area contributed by atoms with Gasteiger partial charge in [-0.15, -0.1) is 0 Å². The monoisotopic (exact) mass is 269 g/mol. The lowest BCUT2D eigenvalue weighted by molar-refractivity contribution is 0.103. The fraction of sp³-hybridized carbons (Fsp3) is 0.235. The molecule has 2 aromatic carbocycles. The van der Waals surface area contributed by atoms with Gasteiger partial charge in [0.05, 0.1) is 0 Å². The van der Waals surface area contributed by atoms with Crippen LogP contribution in [-0.2, 0) is 13.0 Å². The number of hydrogen-bond donors (Lipinski definition) is 1. The van der Waals surface area contributed by atoms with Gasteiger partial charge >= 0.3 is 0 Å². The number of nitrogens with one attached hydrogen (secondary N) is 1. The van der Waals surface area contributed by atoms with Crippen molar-refractivity contribution >= 4 is 5.78 Å². The van der Waals surface area contributed by atoms with Crippen molar-refractivity contribution in [2.75, 3.05) is 6.54 Å². The molecule has 2 nitrogen and oxygen atoms in total. The Morgan fingerprint density at radius 3 is 2.85 bits per heavy atom. The summed E-state index contributed by atoms with van der Waals surface area (Å²) in [6.45, 7) is 3.46. The fourth-order valence-corrected chi connectivity index (χ4v) is 2.77. The summed E-state index contributed by atoms with van der Waals surface area (Å²) in [6.07, 6.45) is 0.859. The summed E-state index contributed by atoms with van der Waals surface area (Å²) < 4.78 is 13.2. The maximum Gasteiger partial charge on any atom is 0.193 e. The lowest BCUT2D eigenvalue weighted by atomic mass is 9.90. The van der Waals surface area contributed by atoms with E-state index in [0.29, 0.717) is 11.1 Å². The Bertz CT molecular complexity index is 679. The minimum atomic E-state index is -0.307. The molecule has 2 aromatic rings. The largest absolute Gasteiger partial charge is 0.312 e. The van der Waals surface area contributed by atoms with Crippen molar-refractivity contribution in [3.63, 3.8) is 0 Å². The molecule has 0 bridgehead atoms. The van der Waals surface area contributed by atoms with Crippen LogP contribution in [0.2, 0.25) is 0 Å². The lowest BCUT2D eigenvalue weighted by Crippen LogP contribution is -2.25. The third-order valence-electron chi connectivity index (χ3n) is 3.82. The number of rotatable bonds is 2. The zero-order valence-corrected chi connectivity index (χ0v) is 11.4. The molecule has 0 saturated heterocycles. The van der Waals surface area contributed by atoms with E-state index in [9.17, 15) is 9.18 Å². The topological polar surface area (TPSA) is 29.1 Å². The van der Waals surface area contributed by atoms with Gasteiger partial charge in [-0.2, -0.15) is 0 Å². The third-order valence-corrected chi connectivity index (χ3v) is 3.82. The molecule has 0 aliphatic carbocycles. The van der Waals surface area contributed by atoms with Gasteiger partial charge in [0, 0.05) is 17.7 Å². The third kappa shape index (κ3) is 2.25. The van der Waals surface area contributed by atoms with Gasteiger partial charge in [-0.3, -0.25) is 4.79 Å². The standard InChI is InChI=1S/C17H16FNO/c1-11-9-13(18)5-6-14(11)17(20)16-4-2-3-12-10-19-8-7-15(12)16/h2-6,9,19H,7-8,10H2,1H3. The molecular weight excluding hydrogens is 253 g/mol. The van der Waals surface area contributed by atoms with Gasteiger partial charge in [-0.05, 0) is 54.8 Å². The van der Waals surface area contributed by atoms with E-state index in [2.05, 4.69) is 11.4 Å². The molecule has 0 aromatic heterocycles. The van der Waals surface area contributed by atoms with Crippen LogP contribution in [0.3, 0.4) is 0 Å². The molecule has 0 saturated carbocycles. The van der Waals surface area contributed by atoms with Crippen LogP contribution in [0.1, 0.15) is 32.6 Å². The molecule has 20 heavy (non-hydrogen) atoms. The zero-order valence-electron chi connectivity index (χ0n) is 11.4. The maximum absolute atomic E-state index is 13.2. The minimum Gasteiger partial charge on any atom is -0.312 e. The Hall–Kier alpha value is -2.00. The van der Waals surface area contributed by atoms with Crippen molar-refractivity contribution in [3.05, 3.63) is 70.0 Å². The van der Waals surface area contributed by atoms with E-state index < -0.39 is 0 Å². The van der Waals surface area contributed by atoms with Gasteiger partial charge in [-0.1, -0.05) is 18.2 Å². The highest BCUT2D eigenvalue weighted by atomic mass is 19.1. The molecule has 102 valence electrons. The van der Waals surface area contributed by atoms with Crippen molar-refractivity contribution in [2.45, 2.75) is 19.9 Å².